The maximum Gasteiger partial charge on any atom is 0.323 e. The molecule has 1 heterocycles. The van der Waals surface area contributed by atoms with Crippen molar-refractivity contribution in [2.24, 2.45) is 0 Å². The highest BCUT2D eigenvalue weighted by Gasteiger charge is 2.39. The molecule has 0 unspecified atom stereocenters. The van der Waals surface area contributed by atoms with E-state index in [-0.39, 0.29) is 6.61 Å². The van der Waals surface area contributed by atoms with E-state index in [4.69, 9.17) is 14.6 Å². The summed E-state index contributed by atoms with van der Waals surface area (Å²) in [6, 6.07) is 14.7. The van der Waals surface area contributed by atoms with Gasteiger partial charge in [0, 0.05) is 12.1 Å². The molecule has 0 aromatic heterocycles. The van der Waals surface area contributed by atoms with E-state index < -0.39 is 24.2 Å². The molecule has 25 heavy (non-hydrogen) atoms. The number of ether oxygens (including phenoxy) is 2. The Kier molecular flexibility index (Phi) is 5.33. The van der Waals surface area contributed by atoms with Crippen molar-refractivity contribution in [1.82, 2.24) is 5.32 Å². The summed E-state index contributed by atoms with van der Waals surface area (Å²) in [6.07, 6.45) is -1.62. The minimum atomic E-state index is -1.08. The molecule has 6 nitrogen and oxygen atoms in total. The van der Waals surface area contributed by atoms with Crippen LogP contribution in [0.25, 0.3) is 11.1 Å². The smallest absolute Gasteiger partial charge is 0.323 e. The van der Waals surface area contributed by atoms with Crippen LogP contribution < -0.4 is 10.1 Å². The lowest BCUT2D eigenvalue weighted by Crippen LogP contribution is -2.40. The van der Waals surface area contributed by atoms with Gasteiger partial charge < -0.3 is 19.7 Å². The van der Waals surface area contributed by atoms with Crippen LogP contribution in [-0.4, -0.2) is 48.1 Å². The zero-order valence-corrected chi connectivity index (χ0v) is 13.9. The number of carboxylic acids is 1. The van der Waals surface area contributed by atoms with E-state index in [0.29, 0.717) is 6.54 Å². The van der Waals surface area contributed by atoms with E-state index in [1.807, 2.05) is 48.5 Å². The number of hydrogen-bond donors (Lipinski definition) is 3. The average molecular weight is 343 g/mol. The largest absolute Gasteiger partial charge is 0.496 e. The molecule has 0 bridgehead atoms. The van der Waals surface area contributed by atoms with Crippen LogP contribution in [0.5, 0.6) is 5.75 Å². The average Bonchev–Trinajstić information content (AvgIpc) is 3.01. The third kappa shape index (κ3) is 3.82. The molecule has 3 atom stereocenters. The summed E-state index contributed by atoms with van der Waals surface area (Å²) in [6.45, 7) is 0.568. The molecule has 1 aliphatic heterocycles. The van der Waals surface area contributed by atoms with Crippen molar-refractivity contribution in [2.75, 3.05) is 13.7 Å². The van der Waals surface area contributed by atoms with Gasteiger partial charge in [0.25, 0.3) is 0 Å². The number of hydrogen-bond acceptors (Lipinski definition) is 5. The predicted molar refractivity (Wildman–Crippen MR) is 92.4 cm³/mol. The second-order valence-electron chi connectivity index (χ2n) is 5.96. The number of methoxy groups -OCH3 is 1. The second kappa shape index (κ2) is 7.65. The molecule has 3 rings (SSSR count). The van der Waals surface area contributed by atoms with Gasteiger partial charge in [-0.2, -0.15) is 0 Å². The van der Waals surface area contributed by atoms with Crippen LogP contribution in [-0.2, 0) is 16.1 Å². The fraction of sp³-hybridized carbons (Fsp3) is 0.316. The van der Waals surface area contributed by atoms with Crippen LogP contribution in [0.1, 0.15) is 5.56 Å². The molecule has 132 valence electrons. The Morgan fingerprint density at radius 3 is 2.64 bits per heavy atom. The van der Waals surface area contributed by atoms with Gasteiger partial charge in [-0.1, -0.05) is 42.5 Å². The first-order valence-electron chi connectivity index (χ1n) is 8.08. The van der Waals surface area contributed by atoms with Crippen molar-refractivity contribution in [3.8, 4) is 16.9 Å². The number of carbonyl (C=O) groups is 1. The predicted octanol–water partition coefficient (Wildman–Crippen LogP) is 1.66. The first-order chi connectivity index (χ1) is 12.1. The molecule has 2 aromatic carbocycles. The SMILES string of the molecule is COc1cc(CO[C@H]2CN[C@@H](C(=O)O)[C@@H]2O)ccc1-c1ccccc1. The maximum absolute atomic E-state index is 11.0. The molecule has 3 N–H and O–H groups in total. The van der Waals surface area contributed by atoms with Gasteiger partial charge in [0.2, 0.25) is 0 Å². The van der Waals surface area contributed by atoms with Crippen molar-refractivity contribution in [3.05, 3.63) is 54.1 Å². The Hall–Kier alpha value is -2.41. The Morgan fingerprint density at radius 2 is 2.00 bits per heavy atom. The molecule has 1 aliphatic rings. The number of rotatable bonds is 6. The summed E-state index contributed by atoms with van der Waals surface area (Å²) in [7, 11) is 1.62. The van der Waals surface area contributed by atoms with Crippen LogP contribution in [0, 0.1) is 0 Å². The lowest BCUT2D eigenvalue weighted by Gasteiger charge is -2.17. The Bertz CT molecular complexity index is 734. The summed E-state index contributed by atoms with van der Waals surface area (Å²) < 4.78 is 11.2. The van der Waals surface area contributed by atoms with E-state index in [9.17, 15) is 9.90 Å². The van der Waals surface area contributed by atoms with Gasteiger partial charge in [-0.3, -0.25) is 10.1 Å². The Labute approximate surface area is 146 Å². The number of aliphatic hydroxyl groups excluding tert-OH is 1. The lowest BCUT2D eigenvalue weighted by molar-refractivity contribution is -0.142. The van der Waals surface area contributed by atoms with Crippen LogP contribution >= 0.6 is 0 Å². The molecule has 0 spiro atoms. The lowest BCUT2D eigenvalue weighted by atomic mass is 10.0. The van der Waals surface area contributed by atoms with Crippen molar-refractivity contribution >= 4 is 5.97 Å². The number of nitrogens with one attached hydrogen (secondary N) is 1. The highest BCUT2D eigenvalue weighted by atomic mass is 16.5. The molecule has 1 fully saturated rings. The summed E-state index contributed by atoms with van der Waals surface area (Å²) in [4.78, 5) is 11.0. The second-order valence-corrected chi connectivity index (χ2v) is 5.96. The minimum Gasteiger partial charge on any atom is -0.496 e. The van der Waals surface area contributed by atoms with E-state index in [2.05, 4.69) is 5.32 Å². The van der Waals surface area contributed by atoms with Gasteiger partial charge in [-0.15, -0.1) is 0 Å². The summed E-state index contributed by atoms with van der Waals surface area (Å²) >= 11 is 0. The molecule has 0 radical (unpaired) electrons. The Balaban J connectivity index is 1.69. The quantitative estimate of drug-likeness (QED) is 0.739. The zero-order chi connectivity index (χ0) is 17.8. The van der Waals surface area contributed by atoms with Gasteiger partial charge in [-0.05, 0) is 17.2 Å². The molecule has 0 amide bonds. The summed E-state index contributed by atoms with van der Waals surface area (Å²) in [5, 5.41) is 21.7. The highest BCUT2D eigenvalue weighted by Crippen LogP contribution is 2.31. The standard InChI is InChI=1S/C19H21NO5/c1-24-15-9-12(7-8-14(15)13-5-3-2-4-6-13)11-25-16-10-20-17(18(16)21)19(22)23/h2-9,16-18,20-21H,10-11H2,1H3,(H,22,23)/t16-,17+,18+/m0/s1. The molecule has 0 aliphatic carbocycles. The minimum absolute atomic E-state index is 0.265. The summed E-state index contributed by atoms with van der Waals surface area (Å²) in [5.74, 6) is -0.340. The van der Waals surface area contributed by atoms with Crippen LogP contribution in [0.15, 0.2) is 48.5 Å². The van der Waals surface area contributed by atoms with Gasteiger partial charge in [-0.25, -0.2) is 0 Å². The monoisotopic (exact) mass is 343 g/mol. The first kappa shape index (κ1) is 17.4. The Morgan fingerprint density at radius 1 is 1.24 bits per heavy atom. The third-order valence-electron chi connectivity index (χ3n) is 4.34. The van der Waals surface area contributed by atoms with Crippen molar-refractivity contribution in [1.29, 1.82) is 0 Å². The summed E-state index contributed by atoms with van der Waals surface area (Å²) in [5.41, 5.74) is 2.94. The normalized spacial score (nSPS) is 22.7. The van der Waals surface area contributed by atoms with E-state index >= 15 is 0 Å². The van der Waals surface area contributed by atoms with Crippen molar-refractivity contribution in [2.45, 2.75) is 24.9 Å². The van der Waals surface area contributed by atoms with Gasteiger partial charge in [0.15, 0.2) is 0 Å². The fourth-order valence-electron chi connectivity index (χ4n) is 2.98. The highest BCUT2D eigenvalue weighted by molar-refractivity contribution is 5.75. The topological polar surface area (TPSA) is 88.0 Å². The molecular weight excluding hydrogens is 322 g/mol. The number of carboxylic acid groups (broad SMARTS) is 1. The number of aliphatic hydroxyl groups is 1. The van der Waals surface area contributed by atoms with Gasteiger partial charge in [0.05, 0.1) is 19.8 Å². The first-order valence-corrected chi connectivity index (χ1v) is 8.08. The van der Waals surface area contributed by atoms with Gasteiger partial charge in [0.1, 0.15) is 17.9 Å². The van der Waals surface area contributed by atoms with Crippen LogP contribution in [0.3, 0.4) is 0 Å². The van der Waals surface area contributed by atoms with Crippen LogP contribution in [0.2, 0.25) is 0 Å². The maximum atomic E-state index is 11.0. The molecular formula is C19H21NO5. The molecule has 2 aromatic rings. The zero-order valence-electron chi connectivity index (χ0n) is 13.9. The van der Waals surface area contributed by atoms with Crippen molar-refractivity contribution < 1.29 is 24.5 Å². The molecule has 6 heteroatoms. The van der Waals surface area contributed by atoms with Crippen LogP contribution in [0.4, 0.5) is 0 Å². The van der Waals surface area contributed by atoms with Gasteiger partial charge >= 0.3 is 5.97 Å². The van der Waals surface area contributed by atoms with E-state index in [1.54, 1.807) is 7.11 Å². The third-order valence-corrected chi connectivity index (χ3v) is 4.34. The number of benzene rings is 2. The molecule has 1 saturated heterocycles. The van der Waals surface area contributed by atoms with E-state index in [1.165, 1.54) is 0 Å². The molecule has 0 saturated carbocycles. The fourth-order valence-corrected chi connectivity index (χ4v) is 2.98. The van der Waals surface area contributed by atoms with Crippen molar-refractivity contribution in [3.63, 3.8) is 0 Å². The van der Waals surface area contributed by atoms with E-state index in [0.717, 1.165) is 22.4 Å². The number of aliphatic carboxylic acids is 1.